The molecule has 2 aromatic rings. The number of hydrogen-bond donors (Lipinski definition) is 1. The Balaban J connectivity index is 2.08. The van der Waals surface area contributed by atoms with Gasteiger partial charge < -0.3 is 10.1 Å². The molecular weight excluding hydrogens is 300 g/mol. The number of benzene rings is 2. The number of fused-ring (bicyclic) bond motifs is 1. The number of nitrogens with zero attached hydrogens (tertiary/aromatic N) is 1. The van der Waals surface area contributed by atoms with E-state index in [0.29, 0.717) is 17.1 Å². The highest BCUT2D eigenvalue weighted by Gasteiger charge is 2.25. The summed E-state index contributed by atoms with van der Waals surface area (Å²) in [5, 5.41) is 7.54. The number of aliphatic imine (C=N–C) groups is 1. The SMILES string of the molecule is CS(=O)(=O)c1ccc2c(c1)N=C(C=N)C(c1ccccc1)O2. The molecule has 6 heteroatoms. The van der Waals surface area contributed by atoms with Crippen molar-refractivity contribution in [2.24, 2.45) is 4.99 Å². The fraction of sp³-hybridized carbons (Fsp3) is 0.125. The van der Waals surface area contributed by atoms with Crippen molar-refractivity contribution in [3.8, 4) is 5.75 Å². The van der Waals surface area contributed by atoms with E-state index in [-0.39, 0.29) is 4.90 Å². The highest BCUT2D eigenvalue weighted by Crippen LogP contribution is 2.38. The van der Waals surface area contributed by atoms with Crippen LogP contribution in [-0.4, -0.2) is 26.6 Å². The standard InChI is InChI=1S/C16H14N2O3S/c1-22(19,20)12-7-8-15-13(9-12)18-14(10-17)16(21-15)11-5-3-2-4-6-11/h2-10,16-17H,1H3. The average Bonchev–Trinajstić information content (AvgIpc) is 2.53. The number of rotatable bonds is 3. The Morgan fingerprint density at radius 3 is 2.55 bits per heavy atom. The van der Waals surface area contributed by atoms with Crippen LogP contribution in [0, 0.1) is 5.41 Å². The second-order valence-corrected chi connectivity index (χ2v) is 7.01. The molecule has 2 aromatic carbocycles. The van der Waals surface area contributed by atoms with Crippen molar-refractivity contribution in [1.29, 1.82) is 5.41 Å². The monoisotopic (exact) mass is 314 g/mol. The zero-order chi connectivity index (χ0) is 15.7. The molecule has 1 aliphatic heterocycles. The highest BCUT2D eigenvalue weighted by molar-refractivity contribution is 7.90. The minimum atomic E-state index is -3.31. The van der Waals surface area contributed by atoms with Gasteiger partial charge in [-0.3, -0.25) is 0 Å². The molecule has 1 unspecified atom stereocenters. The van der Waals surface area contributed by atoms with Crippen LogP contribution in [0.4, 0.5) is 5.69 Å². The van der Waals surface area contributed by atoms with Crippen molar-refractivity contribution in [3.63, 3.8) is 0 Å². The molecule has 0 bridgehead atoms. The minimum Gasteiger partial charge on any atom is -0.477 e. The Hall–Kier alpha value is -2.47. The van der Waals surface area contributed by atoms with Crippen LogP contribution in [0.5, 0.6) is 5.75 Å². The third-order valence-electron chi connectivity index (χ3n) is 3.37. The van der Waals surface area contributed by atoms with Crippen LogP contribution < -0.4 is 4.74 Å². The number of sulfone groups is 1. The zero-order valence-corrected chi connectivity index (χ0v) is 12.7. The topological polar surface area (TPSA) is 79.6 Å². The molecule has 0 aromatic heterocycles. The zero-order valence-electron chi connectivity index (χ0n) is 11.9. The largest absolute Gasteiger partial charge is 0.477 e. The molecule has 0 saturated carbocycles. The van der Waals surface area contributed by atoms with E-state index in [1.54, 1.807) is 6.07 Å². The maximum atomic E-state index is 11.6. The maximum Gasteiger partial charge on any atom is 0.175 e. The second-order valence-electron chi connectivity index (χ2n) is 4.99. The lowest BCUT2D eigenvalue weighted by atomic mass is 10.0. The van der Waals surface area contributed by atoms with E-state index in [4.69, 9.17) is 10.1 Å². The Bertz CT molecular complexity index is 858. The molecule has 0 fully saturated rings. The lowest BCUT2D eigenvalue weighted by Gasteiger charge is -2.25. The molecule has 5 nitrogen and oxygen atoms in total. The predicted molar refractivity (Wildman–Crippen MR) is 85.2 cm³/mol. The van der Waals surface area contributed by atoms with Crippen LogP contribution in [0.25, 0.3) is 0 Å². The molecule has 3 rings (SSSR count). The second kappa shape index (κ2) is 5.38. The van der Waals surface area contributed by atoms with Crippen LogP contribution in [0.15, 0.2) is 58.4 Å². The van der Waals surface area contributed by atoms with Crippen molar-refractivity contribution >= 4 is 27.5 Å². The maximum absolute atomic E-state index is 11.6. The van der Waals surface area contributed by atoms with Gasteiger partial charge in [0.25, 0.3) is 0 Å². The van der Waals surface area contributed by atoms with Crippen LogP contribution in [0.3, 0.4) is 0 Å². The van der Waals surface area contributed by atoms with E-state index in [9.17, 15) is 8.42 Å². The summed E-state index contributed by atoms with van der Waals surface area (Å²) in [5.74, 6) is 0.506. The summed E-state index contributed by atoms with van der Waals surface area (Å²) in [6.45, 7) is 0. The van der Waals surface area contributed by atoms with Gasteiger partial charge in [-0.15, -0.1) is 0 Å². The van der Waals surface area contributed by atoms with Crippen LogP contribution in [-0.2, 0) is 9.84 Å². The third-order valence-corrected chi connectivity index (χ3v) is 4.48. The van der Waals surface area contributed by atoms with Gasteiger partial charge in [0.05, 0.1) is 4.90 Å². The molecule has 0 radical (unpaired) electrons. The number of hydrogen-bond acceptors (Lipinski definition) is 5. The Kier molecular flexibility index (Phi) is 3.54. The predicted octanol–water partition coefficient (Wildman–Crippen LogP) is 2.95. The molecule has 1 N–H and O–H groups in total. The number of nitrogens with one attached hydrogen (secondary N) is 1. The van der Waals surface area contributed by atoms with Gasteiger partial charge in [-0.1, -0.05) is 30.3 Å². The first-order valence-electron chi connectivity index (χ1n) is 6.64. The van der Waals surface area contributed by atoms with E-state index in [1.165, 1.54) is 12.1 Å². The van der Waals surface area contributed by atoms with E-state index < -0.39 is 15.9 Å². The molecular formula is C16H14N2O3S. The van der Waals surface area contributed by atoms with E-state index >= 15 is 0 Å². The minimum absolute atomic E-state index is 0.182. The van der Waals surface area contributed by atoms with E-state index in [0.717, 1.165) is 18.0 Å². The molecule has 0 saturated heterocycles. The highest BCUT2D eigenvalue weighted by atomic mass is 32.2. The molecule has 0 amide bonds. The van der Waals surface area contributed by atoms with Crippen LogP contribution >= 0.6 is 0 Å². The average molecular weight is 314 g/mol. The van der Waals surface area contributed by atoms with E-state index in [2.05, 4.69) is 4.99 Å². The van der Waals surface area contributed by atoms with Gasteiger partial charge >= 0.3 is 0 Å². The van der Waals surface area contributed by atoms with Gasteiger partial charge in [0, 0.05) is 12.5 Å². The smallest absolute Gasteiger partial charge is 0.175 e. The lowest BCUT2D eigenvalue weighted by molar-refractivity contribution is 0.272. The third kappa shape index (κ3) is 2.65. The van der Waals surface area contributed by atoms with Crippen LogP contribution in [0.2, 0.25) is 0 Å². The molecule has 0 spiro atoms. The van der Waals surface area contributed by atoms with Gasteiger partial charge in [-0.25, -0.2) is 13.4 Å². The fourth-order valence-electron chi connectivity index (χ4n) is 2.27. The van der Waals surface area contributed by atoms with Gasteiger partial charge in [0.2, 0.25) is 0 Å². The van der Waals surface area contributed by atoms with Crippen molar-refractivity contribution < 1.29 is 13.2 Å². The summed E-state index contributed by atoms with van der Waals surface area (Å²) >= 11 is 0. The van der Waals surface area contributed by atoms with Gasteiger partial charge in [0.15, 0.2) is 15.9 Å². The molecule has 0 aliphatic carbocycles. The first-order chi connectivity index (χ1) is 10.5. The summed E-state index contributed by atoms with van der Waals surface area (Å²) in [6.07, 6.45) is 1.82. The normalized spacial score (nSPS) is 17.1. The van der Waals surface area contributed by atoms with Crippen molar-refractivity contribution in [1.82, 2.24) is 0 Å². The van der Waals surface area contributed by atoms with Crippen LogP contribution in [0.1, 0.15) is 11.7 Å². The fourth-order valence-corrected chi connectivity index (χ4v) is 2.92. The Morgan fingerprint density at radius 1 is 1.18 bits per heavy atom. The molecule has 22 heavy (non-hydrogen) atoms. The van der Waals surface area contributed by atoms with Crippen molar-refractivity contribution in [2.75, 3.05) is 6.26 Å². The Morgan fingerprint density at radius 2 is 1.91 bits per heavy atom. The summed E-state index contributed by atoms with van der Waals surface area (Å²) in [5.41, 5.74) is 1.75. The molecule has 112 valence electrons. The summed E-state index contributed by atoms with van der Waals surface area (Å²) < 4.78 is 29.2. The van der Waals surface area contributed by atoms with Gasteiger partial charge in [-0.2, -0.15) is 0 Å². The Labute approximate surface area is 128 Å². The molecule has 1 heterocycles. The van der Waals surface area contributed by atoms with Gasteiger partial charge in [-0.05, 0) is 23.8 Å². The summed E-state index contributed by atoms with van der Waals surface area (Å²) in [4.78, 5) is 4.56. The summed E-state index contributed by atoms with van der Waals surface area (Å²) in [6, 6.07) is 14.1. The first-order valence-corrected chi connectivity index (χ1v) is 8.53. The first kappa shape index (κ1) is 14.5. The number of ether oxygens (including phenoxy) is 1. The van der Waals surface area contributed by atoms with Gasteiger partial charge in [0.1, 0.15) is 17.1 Å². The van der Waals surface area contributed by atoms with Crippen molar-refractivity contribution in [2.45, 2.75) is 11.0 Å². The lowest BCUT2D eigenvalue weighted by Crippen LogP contribution is -2.22. The van der Waals surface area contributed by atoms with E-state index in [1.807, 2.05) is 30.3 Å². The van der Waals surface area contributed by atoms with Crippen molar-refractivity contribution in [3.05, 3.63) is 54.1 Å². The molecule has 1 atom stereocenters. The quantitative estimate of drug-likeness (QED) is 0.885. The summed E-state index contributed by atoms with van der Waals surface area (Å²) in [7, 11) is -3.31. The molecule has 1 aliphatic rings.